The van der Waals surface area contributed by atoms with E-state index in [0.29, 0.717) is 40.6 Å². The fourth-order valence-electron chi connectivity index (χ4n) is 4.21. The van der Waals surface area contributed by atoms with E-state index in [1.54, 1.807) is 42.5 Å². The molecular formula is C29H29FN2O5S. The standard InChI is InChI=1S/C29H29FN2O5S/c1-4-5-7-23-27(28-24(36-2)8-6-9-25(28)37-3)29(33)26(18-31-23)38(34,35)22-16-14-21(15-17-22)32-20-12-10-19(30)11-13-20/h6,8-18,32H,4-5,7H2,1-3H3,(H,31,33). The fraction of sp³-hybridized carbons (Fsp3) is 0.207. The molecule has 198 valence electrons. The predicted octanol–water partition coefficient (Wildman–Crippen LogP) is 6.12. The van der Waals surface area contributed by atoms with E-state index in [2.05, 4.69) is 10.3 Å². The lowest BCUT2D eigenvalue weighted by Gasteiger charge is -2.17. The lowest BCUT2D eigenvalue weighted by atomic mass is 9.98. The van der Waals surface area contributed by atoms with Crippen molar-refractivity contribution in [2.24, 2.45) is 0 Å². The van der Waals surface area contributed by atoms with Crippen LogP contribution in [0.4, 0.5) is 15.8 Å². The number of unbranched alkanes of at least 4 members (excludes halogenated alkanes) is 1. The van der Waals surface area contributed by atoms with Crippen LogP contribution in [0, 0.1) is 5.82 Å². The number of H-pyrrole nitrogens is 1. The van der Waals surface area contributed by atoms with Crippen LogP contribution in [0.3, 0.4) is 0 Å². The first-order valence-electron chi connectivity index (χ1n) is 12.1. The van der Waals surface area contributed by atoms with Gasteiger partial charge in [-0.2, -0.15) is 0 Å². The number of benzene rings is 3. The van der Waals surface area contributed by atoms with E-state index in [9.17, 15) is 17.6 Å². The van der Waals surface area contributed by atoms with Crippen LogP contribution >= 0.6 is 0 Å². The number of sulfone groups is 1. The summed E-state index contributed by atoms with van der Waals surface area (Å²) in [4.78, 5) is 16.6. The molecule has 4 aromatic rings. The summed E-state index contributed by atoms with van der Waals surface area (Å²) in [7, 11) is -1.20. The number of pyridine rings is 1. The quantitative estimate of drug-likeness (QED) is 0.254. The third kappa shape index (κ3) is 5.43. The molecule has 1 heterocycles. The van der Waals surface area contributed by atoms with Gasteiger partial charge in [0.2, 0.25) is 15.3 Å². The summed E-state index contributed by atoms with van der Waals surface area (Å²) in [6.07, 6.45) is 3.50. The smallest absolute Gasteiger partial charge is 0.211 e. The molecule has 0 bridgehead atoms. The number of aromatic amines is 1. The minimum atomic E-state index is -4.17. The van der Waals surface area contributed by atoms with Crippen molar-refractivity contribution in [1.29, 1.82) is 0 Å². The zero-order valence-corrected chi connectivity index (χ0v) is 22.2. The van der Waals surface area contributed by atoms with Crippen LogP contribution in [0.2, 0.25) is 0 Å². The van der Waals surface area contributed by atoms with Crippen molar-refractivity contribution >= 4 is 21.2 Å². The predicted molar refractivity (Wildman–Crippen MR) is 146 cm³/mol. The Morgan fingerprint density at radius 3 is 2.00 bits per heavy atom. The number of anilines is 2. The van der Waals surface area contributed by atoms with Gasteiger partial charge < -0.3 is 19.8 Å². The fourth-order valence-corrected chi connectivity index (χ4v) is 5.52. The summed E-state index contributed by atoms with van der Waals surface area (Å²) in [6, 6.07) is 17.0. The second-order valence-electron chi connectivity index (χ2n) is 8.64. The summed E-state index contributed by atoms with van der Waals surface area (Å²) in [5, 5.41) is 3.09. The Kier molecular flexibility index (Phi) is 8.16. The molecule has 0 aliphatic carbocycles. The summed E-state index contributed by atoms with van der Waals surface area (Å²) in [5.41, 5.74) is 1.85. The first-order chi connectivity index (χ1) is 18.3. The molecule has 9 heteroatoms. The van der Waals surface area contributed by atoms with Crippen molar-refractivity contribution < 1.29 is 22.3 Å². The van der Waals surface area contributed by atoms with Gasteiger partial charge in [0.15, 0.2) is 0 Å². The Morgan fingerprint density at radius 1 is 0.868 bits per heavy atom. The number of hydrogen-bond acceptors (Lipinski definition) is 6. The number of nitrogens with one attached hydrogen (secondary N) is 2. The molecule has 0 unspecified atom stereocenters. The lowest BCUT2D eigenvalue weighted by molar-refractivity contribution is 0.397. The van der Waals surface area contributed by atoms with Gasteiger partial charge >= 0.3 is 0 Å². The molecule has 0 spiro atoms. The molecule has 0 radical (unpaired) electrons. The SMILES string of the molecule is CCCCc1[nH]cc(S(=O)(=O)c2ccc(Nc3ccc(F)cc3)cc2)c(=O)c1-c1c(OC)cccc1OC. The van der Waals surface area contributed by atoms with Crippen LogP contribution in [-0.2, 0) is 16.3 Å². The third-order valence-electron chi connectivity index (χ3n) is 6.18. The largest absolute Gasteiger partial charge is 0.496 e. The average molecular weight is 537 g/mol. The molecule has 2 N–H and O–H groups in total. The zero-order chi connectivity index (χ0) is 27.3. The Balaban J connectivity index is 1.79. The lowest BCUT2D eigenvalue weighted by Crippen LogP contribution is -2.20. The molecule has 4 rings (SSSR count). The highest BCUT2D eigenvalue weighted by atomic mass is 32.2. The number of aryl methyl sites for hydroxylation is 1. The van der Waals surface area contributed by atoms with Crippen molar-refractivity contribution in [3.8, 4) is 22.6 Å². The summed E-state index contributed by atoms with van der Waals surface area (Å²) < 4.78 is 51.5. The Labute approximate surface area is 221 Å². The normalized spacial score (nSPS) is 11.3. The van der Waals surface area contributed by atoms with Crippen molar-refractivity contribution in [1.82, 2.24) is 4.98 Å². The number of ether oxygens (including phenoxy) is 2. The maximum Gasteiger partial charge on any atom is 0.211 e. The topological polar surface area (TPSA) is 97.5 Å². The zero-order valence-electron chi connectivity index (χ0n) is 21.4. The van der Waals surface area contributed by atoms with Crippen LogP contribution in [0.25, 0.3) is 11.1 Å². The number of methoxy groups -OCH3 is 2. The van der Waals surface area contributed by atoms with Gasteiger partial charge in [-0.05, 0) is 73.5 Å². The molecule has 0 aliphatic rings. The summed E-state index contributed by atoms with van der Waals surface area (Å²) in [6.45, 7) is 2.04. The Hall–Kier alpha value is -4.11. The van der Waals surface area contributed by atoms with Gasteiger partial charge in [0.25, 0.3) is 0 Å². The Bertz CT molecular complexity index is 1560. The van der Waals surface area contributed by atoms with E-state index in [1.807, 2.05) is 6.92 Å². The molecule has 38 heavy (non-hydrogen) atoms. The molecule has 0 aliphatic heterocycles. The molecule has 0 saturated heterocycles. The number of halogens is 1. The maximum atomic E-state index is 13.9. The van der Waals surface area contributed by atoms with Gasteiger partial charge in [-0.15, -0.1) is 0 Å². The highest BCUT2D eigenvalue weighted by Gasteiger charge is 2.27. The molecule has 3 aromatic carbocycles. The minimum Gasteiger partial charge on any atom is -0.496 e. The number of rotatable bonds is 10. The molecule has 0 saturated carbocycles. The molecule has 1 aromatic heterocycles. The van der Waals surface area contributed by atoms with Gasteiger partial charge in [-0.3, -0.25) is 4.79 Å². The van der Waals surface area contributed by atoms with E-state index in [-0.39, 0.29) is 21.2 Å². The number of aromatic nitrogens is 1. The molecule has 0 amide bonds. The first kappa shape index (κ1) is 26.9. The van der Waals surface area contributed by atoms with E-state index in [0.717, 1.165) is 12.8 Å². The highest BCUT2D eigenvalue weighted by Crippen LogP contribution is 2.39. The average Bonchev–Trinajstić information content (AvgIpc) is 2.93. The van der Waals surface area contributed by atoms with Crippen LogP contribution in [-0.4, -0.2) is 27.6 Å². The van der Waals surface area contributed by atoms with E-state index in [4.69, 9.17) is 9.47 Å². The molecular weight excluding hydrogens is 507 g/mol. The molecule has 0 atom stereocenters. The number of hydrogen-bond donors (Lipinski definition) is 2. The maximum absolute atomic E-state index is 13.9. The molecule has 0 fully saturated rings. The summed E-state index contributed by atoms with van der Waals surface area (Å²) in [5.74, 6) is 0.449. The second-order valence-corrected chi connectivity index (χ2v) is 10.6. The van der Waals surface area contributed by atoms with Crippen LogP contribution < -0.4 is 20.2 Å². The van der Waals surface area contributed by atoms with Crippen molar-refractivity contribution in [3.05, 3.63) is 94.7 Å². The Morgan fingerprint density at radius 2 is 1.45 bits per heavy atom. The monoisotopic (exact) mass is 536 g/mol. The van der Waals surface area contributed by atoms with E-state index < -0.39 is 15.3 Å². The minimum absolute atomic E-state index is 0.0353. The van der Waals surface area contributed by atoms with Crippen LogP contribution in [0.1, 0.15) is 25.5 Å². The summed E-state index contributed by atoms with van der Waals surface area (Å²) >= 11 is 0. The second kappa shape index (κ2) is 11.5. The van der Waals surface area contributed by atoms with Gasteiger partial charge in [0.1, 0.15) is 22.2 Å². The third-order valence-corrected chi connectivity index (χ3v) is 7.95. The van der Waals surface area contributed by atoms with Crippen molar-refractivity contribution in [3.63, 3.8) is 0 Å². The van der Waals surface area contributed by atoms with Crippen LogP contribution in [0.5, 0.6) is 11.5 Å². The first-order valence-corrected chi connectivity index (χ1v) is 13.6. The molecule has 7 nitrogen and oxygen atoms in total. The van der Waals surface area contributed by atoms with Crippen molar-refractivity contribution in [2.45, 2.75) is 36.0 Å². The van der Waals surface area contributed by atoms with Crippen LogP contribution in [0.15, 0.2) is 87.5 Å². The van der Waals surface area contributed by atoms with E-state index >= 15 is 0 Å². The van der Waals surface area contributed by atoms with Gasteiger partial charge in [0, 0.05) is 23.3 Å². The van der Waals surface area contributed by atoms with Gasteiger partial charge in [-0.25, -0.2) is 12.8 Å². The van der Waals surface area contributed by atoms with Crippen molar-refractivity contribution in [2.75, 3.05) is 19.5 Å². The highest BCUT2D eigenvalue weighted by molar-refractivity contribution is 7.91. The van der Waals surface area contributed by atoms with Gasteiger partial charge in [-0.1, -0.05) is 19.4 Å². The van der Waals surface area contributed by atoms with Gasteiger partial charge in [0.05, 0.1) is 30.2 Å². The van der Waals surface area contributed by atoms with E-state index in [1.165, 1.54) is 44.7 Å².